The summed E-state index contributed by atoms with van der Waals surface area (Å²) in [4.78, 5) is 0. The molecule has 0 unspecified atom stereocenters. The number of nitrogens with one attached hydrogen (secondary N) is 1. The molecule has 0 aliphatic heterocycles. The van der Waals surface area contributed by atoms with Crippen LogP contribution in [0.4, 0.5) is 0 Å². The third kappa shape index (κ3) is 0.916. The Kier molecular flexibility index (Phi) is 1.17. The van der Waals surface area contributed by atoms with Gasteiger partial charge in [-0.25, -0.2) is 0 Å². The van der Waals surface area contributed by atoms with Crippen LogP contribution in [0.2, 0.25) is 0 Å². The first-order valence-electron chi connectivity index (χ1n) is 4.72. The minimum atomic E-state index is 0.434. The standard InChI is InChI=1S/C11H12N2/c1-11(5-6-11)9-3-2-4-10-8(9)7-12-13-10/h2-4,7H,5-6H2,1H3,(H,12,13). The first kappa shape index (κ1) is 7.13. The Hall–Kier alpha value is -1.31. The smallest absolute Gasteiger partial charge is 0.0653 e. The van der Waals surface area contributed by atoms with Crippen molar-refractivity contribution in [2.24, 2.45) is 0 Å². The number of H-pyrrole nitrogens is 1. The molecule has 0 radical (unpaired) electrons. The Labute approximate surface area is 77.0 Å². The van der Waals surface area contributed by atoms with Crippen LogP contribution in [0.25, 0.3) is 10.9 Å². The second-order valence-corrected chi connectivity index (χ2v) is 4.20. The van der Waals surface area contributed by atoms with E-state index >= 15 is 0 Å². The maximum Gasteiger partial charge on any atom is 0.0653 e. The summed E-state index contributed by atoms with van der Waals surface area (Å²) in [5.41, 5.74) is 3.05. The van der Waals surface area contributed by atoms with E-state index in [1.165, 1.54) is 23.8 Å². The molecular formula is C11H12N2. The van der Waals surface area contributed by atoms with Crippen molar-refractivity contribution in [3.05, 3.63) is 30.0 Å². The average Bonchev–Trinajstić information content (AvgIpc) is 2.72. The van der Waals surface area contributed by atoms with E-state index in [0.717, 1.165) is 5.52 Å². The normalized spacial score (nSPS) is 19.2. The first-order valence-corrected chi connectivity index (χ1v) is 4.72. The molecule has 3 rings (SSSR count). The lowest BCUT2D eigenvalue weighted by molar-refractivity contribution is 0.797. The van der Waals surface area contributed by atoms with Crippen molar-refractivity contribution in [2.45, 2.75) is 25.2 Å². The van der Waals surface area contributed by atoms with E-state index in [9.17, 15) is 0 Å². The van der Waals surface area contributed by atoms with E-state index in [0.29, 0.717) is 5.41 Å². The molecule has 1 fully saturated rings. The number of aromatic amines is 1. The van der Waals surface area contributed by atoms with E-state index in [-0.39, 0.29) is 0 Å². The van der Waals surface area contributed by atoms with Gasteiger partial charge in [-0.1, -0.05) is 19.1 Å². The lowest BCUT2D eigenvalue weighted by atomic mass is 9.95. The van der Waals surface area contributed by atoms with Crippen LogP contribution in [0, 0.1) is 0 Å². The van der Waals surface area contributed by atoms with Gasteiger partial charge in [0.05, 0.1) is 11.7 Å². The summed E-state index contributed by atoms with van der Waals surface area (Å²) < 4.78 is 0. The van der Waals surface area contributed by atoms with Crippen molar-refractivity contribution in [3.8, 4) is 0 Å². The highest BCUT2D eigenvalue weighted by Crippen LogP contribution is 2.49. The summed E-state index contributed by atoms with van der Waals surface area (Å²) in [5.74, 6) is 0. The predicted molar refractivity (Wildman–Crippen MR) is 52.7 cm³/mol. The Morgan fingerprint density at radius 1 is 1.38 bits per heavy atom. The lowest BCUT2D eigenvalue weighted by Gasteiger charge is -2.08. The number of nitrogens with zero attached hydrogens (tertiary/aromatic N) is 1. The summed E-state index contributed by atoms with van der Waals surface area (Å²) in [6, 6.07) is 6.42. The fourth-order valence-electron chi connectivity index (χ4n) is 1.95. The average molecular weight is 172 g/mol. The molecule has 1 aromatic carbocycles. The van der Waals surface area contributed by atoms with Gasteiger partial charge in [0.25, 0.3) is 0 Å². The molecule has 66 valence electrons. The largest absolute Gasteiger partial charge is 0.278 e. The summed E-state index contributed by atoms with van der Waals surface area (Å²) in [6.07, 6.45) is 4.57. The number of fused-ring (bicyclic) bond motifs is 1. The molecule has 1 aliphatic carbocycles. The molecule has 1 N–H and O–H groups in total. The molecule has 2 heteroatoms. The SMILES string of the molecule is CC1(c2cccc3[nH]ncc23)CC1. The molecule has 13 heavy (non-hydrogen) atoms. The van der Waals surface area contributed by atoms with Gasteiger partial charge in [-0.2, -0.15) is 5.10 Å². The fraction of sp³-hybridized carbons (Fsp3) is 0.364. The van der Waals surface area contributed by atoms with Crippen LogP contribution < -0.4 is 0 Å². The van der Waals surface area contributed by atoms with Crippen molar-refractivity contribution >= 4 is 10.9 Å². The number of hydrogen-bond donors (Lipinski definition) is 1. The van der Waals surface area contributed by atoms with Crippen molar-refractivity contribution in [2.75, 3.05) is 0 Å². The van der Waals surface area contributed by atoms with Crippen molar-refractivity contribution < 1.29 is 0 Å². The molecule has 0 spiro atoms. The van der Waals surface area contributed by atoms with Crippen LogP contribution in [0.15, 0.2) is 24.4 Å². The lowest BCUT2D eigenvalue weighted by Crippen LogP contribution is -1.99. The topological polar surface area (TPSA) is 28.7 Å². The van der Waals surface area contributed by atoms with Gasteiger partial charge < -0.3 is 0 Å². The Morgan fingerprint density at radius 3 is 3.00 bits per heavy atom. The molecule has 2 nitrogen and oxygen atoms in total. The zero-order valence-corrected chi connectivity index (χ0v) is 7.67. The molecule has 2 aromatic rings. The number of rotatable bonds is 1. The fourth-order valence-corrected chi connectivity index (χ4v) is 1.95. The highest BCUT2D eigenvalue weighted by atomic mass is 15.1. The van der Waals surface area contributed by atoms with Crippen LogP contribution in [0.5, 0.6) is 0 Å². The van der Waals surface area contributed by atoms with Gasteiger partial charge in [-0.05, 0) is 29.9 Å². The quantitative estimate of drug-likeness (QED) is 0.703. The van der Waals surface area contributed by atoms with Crippen molar-refractivity contribution in [1.82, 2.24) is 10.2 Å². The first-order chi connectivity index (χ1) is 6.30. The molecule has 0 atom stereocenters. The zero-order chi connectivity index (χ0) is 8.89. The molecule has 1 aliphatic rings. The van der Waals surface area contributed by atoms with Crippen LogP contribution in [-0.4, -0.2) is 10.2 Å². The summed E-state index contributed by atoms with van der Waals surface area (Å²) in [6.45, 7) is 2.33. The molecule has 1 heterocycles. The maximum absolute atomic E-state index is 4.08. The summed E-state index contributed by atoms with van der Waals surface area (Å²) in [5, 5.41) is 8.38. The minimum Gasteiger partial charge on any atom is -0.278 e. The van der Waals surface area contributed by atoms with Crippen LogP contribution in [0.1, 0.15) is 25.3 Å². The Morgan fingerprint density at radius 2 is 2.23 bits per heavy atom. The van der Waals surface area contributed by atoms with E-state index in [4.69, 9.17) is 0 Å². The zero-order valence-electron chi connectivity index (χ0n) is 7.67. The molecule has 0 amide bonds. The highest BCUT2D eigenvalue weighted by Gasteiger charge is 2.40. The predicted octanol–water partition coefficient (Wildman–Crippen LogP) is 2.61. The molecule has 1 saturated carbocycles. The second kappa shape index (κ2) is 2.13. The summed E-state index contributed by atoms with van der Waals surface area (Å²) >= 11 is 0. The van der Waals surface area contributed by atoms with Gasteiger partial charge >= 0.3 is 0 Å². The van der Waals surface area contributed by atoms with E-state index in [1.807, 2.05) is 6.20 Å². The molecule has 0 saturated heterocycles. The molecular weight excluding hydrogens is 160 g/mol. The second-order valence-electron chi connectivity index (χ2n) is 4.20. The number of aromatic nitrogens is 2. The third-order valence-electron chi connectivity index (χ3n) is 3.14. The monoisotopic (exact) mass is 172 g/mol. The van der Waals surface area contributed by atoms with Gasteiger partial charge in [0.1, 0.15) is 0 Å². The van der Waals surface area contributed by atoms with E-state index < -0.39 is 0 Å². The van der Waals surface area contributed by atoms with E-state index in [2.05, 4.69) is 35.3 Å². The summed E-state index contributed by atoms with van der Waals surface area (Å²) in [7, 11) is 0. The number of benzene rings is 1. The third-order valence-corrected chi connectivity index (χ3v) is 3.14. The maximum atomic E-state index is 4.08. The highest BCUT2D eigenvalue weighted by molar-refractivity contribution is 5.83. The minimum absolute atomic E-state index is 0.434. The molecule has 1 aromatic heterocycles. The van der Waals surface area contributed by atoms with Crippen molar-refractivity contribution in [3.63, 3.8) is 0 Å². The van der Waals surface area contributed by atoms with Gasteiger partial charge in [0, 0.05) is 5.39 Å². The Balaban J connectivity index is 2.33. The van der Waals surface area contributed by atoms with Gasteiger partial charge in [-0.3, -0.25) is 5.10 Å². The van der Waals surface area contributed by atoms with Crippen molar-refractivity contribution in [1.29, 1.82) is 0 Å². The van der Waals surface area contributed by atoms with Gasteiger partial charge in [-0.15, -0.1) is 0 Å². The van der Waals surface area contributed by atoms with Gasteiger partial charge in [0.15, 0.2) is 0 Å². The van der Waals surface area contributed by atoms with Crippen LogP contribution in [-0.2, 0) is 5.41 Å². The molecule has 0 bridgehead atoms. The number of hydrogen-bond acceptors (Lipinski definition) is 1. The Bertz CT molecular complexity index is 452. The van der Waals surface area contributed by atoms with E-state index in [1.54, 1.807) is 0 Å². The van der Waals surface area contributed by atoms with Crippen LogP contribution in [0.3, 0.4) is 0 Å². The van der Waals surface area contributed by atoms with Crippen LogP contribution >= 0.6 is 0 Å². The van der Waals surface area contributed by atoms with Gasteiger partial charge in [0.2, 0.25) is 0 Å².